The summed E-state index contributed by atoms with van der Waals surface area (Å²) in [6, 6.07) is -0.264. The molecule has 4 rings (SSSR count). The van der Waals surface area contributed by atoms with E-state index in [0.717, 1.165) is 43.2 Å². The van der Waals surface area contributed by atoms with Gasteiger partial charge in [0.1, 0.15) is 6.04 Å². The zero-order valence-corrected chi connectivity index (χ0v) is 10.4. The van der Waals surface area contributed by atoms with Gasteiger partial charge in [0.25, 0.3) is 0 Å². The van der Waals surface area contributed by atoms with Crippen LogP contribution in [0.2, 0.25) is 0 Å². The van der Waals surface area contributed by atoms with Crippen LogP contribution in [0.5, 0.6) is 0 Å². The van der Waals surface area contributed by atoms with Gasteiger partial charge in [0.05, 0.1) is 0 Å². The molecule has 0 spiro atoms. The van der Waals surface area contributed by atoms with Crippen molar-refractivity contribution in [2.75, 3.05) is 13.1 Å². The first-order valence-electron chi connectivity index (χ1n) is 6.86. The lowest BCUT2D eigenvalue weighted by Crippen LogP contribution is -2.39. The molecule has 2 fully saturated rings. The van der Waals surface area contributed by atoms with E-state index in [2.05, 4.69) is 17.1 Å². The summed E-state index contributed by atoms with van der Waals surface area (Å²) >= 11 is 0. The highest BCUT2D eigenvalue weighted by atomic mass is 16.4. The minimum absolute atomic E-state index is 0.264. The molecule has 0 amide bonds. The van der Waals surface area contributed by atoms with Crippen molar-refractivity contribution in [1.82, 2.24) is 4.90 Å². The molecule has 0 radical (unpaired) electrons. The second-order valence-electron chi connectivity index (χ2n) is 5.83. The highest BCUT2D eigenvalue weighted by Crippen LogP contribution is 2.48. The van der Waals surface area contributed by atoms with Crippen LogP contribution in [0.3, 0.4) is 0 Å². The van der Waals surface area contributed by atoms with Crippen molar-refractivity contribution in [3.63, 3.8) is 0 Å². The molecule has 5 atom stereocenters. The number of aliphatic carboxylic acids is 1. The highest BCUT2D eigenvalue weighted by Gasteiger charge is 2.47. The van der Waals surface area contributed by atoms with Crippen LogP contribution in [0.4, 0.5) is 0 Å². The first-order valence-corrected chi connectivity index (χ1v) is 6.86. The van der Waals surface area contributed by atoms with Gasteiger partial charge in [0.2, 0.25) is 0 Å². The lowest BCUT2D eigenvalue weighted by atomic mass is 9.64. The maximum Gasteiger partial charge on any atom is 0.320 e. The van der Waals surface area contributed by atoms with Crippen molar-refractivity contribution in [3.05, 3.63) is 12.2 Å². The van der Waals surface area contributed by atoms with Crippen LogP contribution in [0.25, 0.3) is 0 Å². The molecule has 2 bridgehead atoms. The molecule has 0 aromatic heterocycles. The molecular formula is C14H21NO2. The van der Waals surface area contributed by atoms with Gasteiger partial charge < -0.3 is 5.11 Å². The van der Waals surface area contributed by atoms with Gasteiger partial charge in [-0.15, -0.1) is 0 Å². The van der Waals surface area contributed by atoms with E-state index in [1.54, 1.807) is 0 Å². The number of hydrogen-bond donors (Lipinski definition) is 1. The van der Waals surface area contributed by atoms with Gasteiger partial charge in [0, 0.05) is 13.1 Å². The van der Waals surface area contributed by atoms with E-state index in [1.807, 2.05) is 6.92 Å². The number of carboxylic acid groups (broad SMARTS) is 1. The predicted octanol–water partition coefficient (Wildman–Crippen LogP) is 1.99. The van der Waals surface area contributed by atoms with E-state index >= 15 is 0 Å². The summed E-state index contributed by atoms with van der Waals surface area (Å²) in [6.45, 7) is 3.98. The topological polar surface area (TPSA) is 40.5 Å². The molecule has 3 aliphatic carbocycles. The van der Waals surface area contributed by atoms with Crippen LogP contribution in [-0.4, -0.2) is 35.1 Å². The monoisotopic (exact) mass is 235 g/mol. The summed E-state index contributed by atoms with van der Waals surface area (Å²) in [5.74, 6) is 2.26. The fourth-order valence-electron chi connectivity index (χ4n) is 4.21. The number of nitrogens with zero attached hydrogens (tertiary/aromatic N) is 1. The first-order chi connectivity index (χ1) is 8.20. The van der Waals surface area contributed by atoms with E-state index in [0.29, 0.717) is 0 Å². The maximum atomic E-state index is 11.2. The van der Waals surface area contributed by atoms with Gasteiger partial charge in [-0.2, -0.15) is 0 Å². The first kappa shape index (κ1) is 11.3. The lowest BCUT2D eigenvalue weighted by Gasteiger charge is -2.40. The third kappa shape index (κ3) is 1.71. The van der Waals surface area contributed by atoms with Crippen molar-refractivity contribution >= 4 is 5.97 Å². The van der Waals surface area contributed by atoms with Crippen molar-refractivity contribution in [2.24, 2.45) is 23.7 Å². The average molecular weight is 235 g/mol. The second kappa shape index (κ2) is 4.13. The summed E-state index contributed by atoms with van der Waals surface area (Å²) in [5.41, 5.74) is 0. The fourth-order valence-corrected chi connectivity index (χ4v) is 4.21. The van der Waals surface area contributed by atoms with Gasteiger partial charge in [-0.05, 0) is 42.9 Å². The molecule has 1 N–H and O–H groups in total. The molecule has 4 aliphatic rings. The highest BCUT2D eigenvalue weighted by molar-refractivity contribution is 5.73. The number of rotatable bonds is 3. The summed E-state index contributed by atoms with van der Waals surface area (Å²) in [5, 5.41) is 9.26. The standard InChI is InChI=1S/C14H21NO2/c1-2-13(14(16)17)15-7-11-9-3-4-10(6-5-9)12(11)8-15/h3-4,9-13H,2,5-8H2,1H3,(H,16,17). The van der Waals surface area contributed by atoms with Crippen molar-refractivity contribution in [2.45, 2.75) is 32.2 Å². The summed E-state index contributed by atoms with van der Waals surface area (Å²) < 4.78 is 0. The fraction of sp³-hybridized carbons (Fsp3) is 0.786. The minimum Gasteiger partial charge on any atom is -0.480 e. The number of carbonyl (C=O) groups is 1. The minimum atomic E-state index is -0.647. The van der Waals surface area contributed by atoms with E-state index in [4.69, 9.17) is 0 Å². The second-order valence-corrected chi connectivity index (χ2v) is 5.83. The molecule has 17 heavy (non-hydrogen) atoms. The third-order valence-corrected chi connectivity index (χ3v) is 5.09. The Bertz CT molecular complexity index is 330. The number of allylic oxidation sites excluding steroid dienone is 2. The molecule has 1 heterocycles. The van der Waals surface area contributed by atoms with Gasteiger partial charge >= 0.3 is 5.97 Å². The Balaban J connectivity index is 1.76. The molecule has 94 valence electrons. The third-order valence-electron chi connectivity index (χ3n) is 5.09. The molecule has 3 nitrogen and oxygen atoms in total. The van der Waals surface area contributed by atoms with E-state index in [1.165, 1.54) is 12.8 Å². The van der Waals surface area contributed by atoms with E-state index in [-0.39, 0.29) is 6.04 Å². The zero-order chi connectivity index (χ0) is 12.0. The summed E-state index contributed by atoms with van der Waals surface area (Å²) in [7, 11) is 0. The Morgan fingerprint density at radius 2 is 1.82 bits per heavy atom. The molecule has 5 unspecified atom stereocenters. The SMILES string of the molecule is CCC(C(=O)O)N1CC2C3C=CC(CC3)C2C1. The quantitative estimate of drug-likeness (QED) is 0.761. The smallest absolute Gasteiger partial charge is 0.320 e. The molecule has 0 aromatic carbocycles. The number of fused-ring (bicyclic) bond motifs is 1. The van der Waals surface area contributed by atoms with E-state index < -0.39 is 5.97 Å². The van der Waals surface area contributed by atoms with Crippen molar-refractivity contribution in [3.8, 4) is 0 Å². The molecular weight excluding hydrogens is 214 g/mol. The molecule has 1 saturated carbocycles. The normalized spacial score (nSPS) is 41.5. The summed E-state index contributed by atoms with van der Waals surface area (Å²) in [6.07, 6.45) is 8.14. The number of hydrogen-bond acceptors (Lipinski definition) is 2. The van der Waals surface area contributed by atoms with Gasteiger partial charge in [0.15, 0.2) is 0 Å². The molecule has 1 saturated heterocycles. The molecule has 3 heteroatoms. The molecule has 0 aromatic rings. The largest absolute Gasteiger partial charge is 0.480 e. The van der Waals surface area contributed by atoms with E-state index in [9.17, 15) is 9.90 Å². The Kier molecular flexibility index (Phi) is 2.74. The van der Waals surface area contributed by atoms with Gasteiger partial charge in [-0.3, -0.25) is 9.69 Å². The van der Waals surface area contributed by atoms with Gasteiger partial charge in [-0.1, -0.05) is 19.1 Å². The Morgan fingerprint density at radius 1 is 1.29 bits per heavy atom. The molecule has 1 aliphatic heterocycles. The van der Waals surface area contributed by atoms with Crippen LogP contribution >= 0.6 is 0 Å². The van der Waals surface area contributed by atoms with Crippen LogP contribution in [0.1, 0.15) is 26.2 Å². The Morgan fingerprint density at radius 3 is 2.18 bits per heavy atom. The summed E-state index contributed by atoms with van der Waals surface area (Å²) in [4.78, 5) is 13.5. The maximum absolute atomic E-state index is 11.2. The van der Waals surface area contributed by atoms with Crippen molar-refractivity contribution < 1.29 is 9.90 Å². The van der Waals surface area contributed by atoms with Crippen molar-refractivity contribution in [1.29, 1.82) is 0 Å². The Labute approximate surface area is 102 Å². The number of carboxylic acids is 1. The Hall–Kier alpha value is -0.830. The average Bonchev–Trinajstić information content (AvgIpc) is 2.77. The zero-order valence-electron chi connectivity index (χ0n) is 10.4. The lowest BCUT2D eigenvalue weighted by molar-refractivity contribution is -0.143. The van der Waals surface area contributed by atoms with Crippen LogP contribution < -0.4 is 0 Å². The van der Waals surface area contributed by atoms with Crippen LogP contribution in [0.15, 0.2) is 12.2 Å². The number of likely N-dealkylation sites (tertiary alicyclic amines) is 1. The predicted molar refractivity (Wildman–Crippen MR) is 65.6 cm³/mol. The van der Waals surface area contributed by atoms with Crippen LogP contribution in [-0.2, 0) is 4.79 Å². The van der Waals surface area contributed by atoms with Crippen LogP contribution in [0, 0.1) is 23.7 Å². The van der Waals surface area contributed by atoms with Gasteiger partial charge in [-0.25, -0.2) is 0 Å².